The first-order chi connectivity index (χ1) is 7.55. The molecule has 0 bridgehead atoms. The monoisotopic (exact) mass is 225 g/mol. The van der Waals surface area contributed by atoms with E-state index in [0.717, 1.165) is 39.0 Å². The van der Waals surface area contributed by atoms with Crippen molar-refractivity contribution in [1.82, 2.24) is 4.90 Å². The van der Waals surface area contributed by atoms with Crippen molar-refractivity contribution in [3.8, 4) is 6.07 Å². The predicted molar refractivity (Wildman–Crippen MR) is 69.0 cm³/mol. The normalized spacial score (nSPS) is 11.8. The van der Waals surface area contributed by atoms with Crippen LogP contribution < -0.4 is 5.73 Å². The number of unbranched alkanes of at least 4 members (excludes halogenated alkanes) is 2. The van der Waals surface area contributed by atoms with Crippen LogP contribution in [0, 0.1) is 16.7 Å². The summed E-state index contributed by atoms with van der Waals surface area (Å²) in [6.45, 7) is 10.7. The largest absolute Gasteiger partial charge is 0.330 e. The lowest BCUT2D eigenvalue weighted by Gasteiger charge is -2.31. The van der Waals surface area contributed by atoms with Gasteiger partial charge in [-0.2, -0.15) is 5.26 Å². The van der Waals surface area contributed by atoms with Gasteiger partial charge in [-0.3, -0.25) is 0 Å². The first-order valence-corrected chi connectivity index (χ1v) is 6.35. The molecular weight excluding hydrogens is 198 g/mol. The van der Waals surface area contributed by atoms with Gasteiger partial charge in [-0.05, 0) is 44.3 Å². The number of nitrogens with zero attached hydrogens (tertiary/aromatic N) is 2. The first kappa shape index (κ1) is 15.4. The molecule has 0 aliphatic rings. The molecule has 3 nitrogen and oxygen atoms in total. The molecule has 0 radical (unpaired) electrons. The molecule has 0 aliphatic heterocycles. The maximum absolute atomic E-state index is 8.48. The third-order valence-corrected chi connectivity index (χ3v) is 2.76. The molecule has 0 unspecified atom stereocenters. The van der Waals surface area contributed by atoms with Crippen molar-refractivity contribution in [2.45, 2.75) is 46.5 Å². The molecule has 0 aliphatic carbocycles. The molecule has 0 saturated heterocycles. The van der Waals surface area contributed by atoms with Crippen LogP contribution in [0.1, 0.15) is 46.5 Å². The summed E-state index contributed by atoms with van der Waals surface area (Å²) in [6.07, 6.45) is 3.99. The Labute approximate surface area is 101 Å². The fourth-order valence-electron chi connectivity index (χ4n) is 1.80. The van der Waals surface area contributed by atoms with E-state index in [9.17, 15) is 0 Å². The van der Waals surface area contributed by atoms with Gasteiger partial charge in [0.15, 0.2) is 0 Å². The second kappa shape index (κ2) is 8.55. The zero-order valence-electron chi connectivity index (χ0n) is 11.1. The van der Waals surface area contributed by atoms with Gasteiger partial charge in [-0.1, -0.05) is 20.8 Å². The summed E-state index contributed by atoms with van der Waals surface area (Å²) >= 11 is 0. The van der Waals surface area contributed by atoms with Crippen molar-refractivity contribution >= 4 is 0 Å². The molecule has 0 amide bonds. The second-order valence-electron chi connectivity index (χ2n) is 5.26. The number of hydrogen-bond donors (Lipinski definition) is 1. The van der Waals surface area contributed by atoms with Crippen molar-refractivity contribution in [2.75, 3.05) is 26.2 Å². The van der Waals surface area contributed by atoms with Crippen LogP contribution in [0.25, 0.3) is 0 Å². The molecular formula is C13H27N3. The Kier molecular flexibility index (Phi) is 8.23. The first-order valence-electron chi connectivity index (χ1n) is 6.35. The molecule has 3 heteroatoms. The van der Waals surface area contributed by atoms with Crippen LogP contribution in [0.2, 0.25) is 0 Å². The van der Waals surface area contributed by atoms with E-state index in [1.807, 2.05) is 0 Å². The molecule has 94 valence electrons. The molecule has 0 rings (SSSR count). The zero-order valence-corrected chi connectivity index (χ0v) is 11.1. The maximum Gasteiger partial charge on any atom is 0.0621 e. The quantitative estimate of drug-likeness (QED) is 0.613. The summed E-state index contributed by atoms with van der Waals surface area (Å²) in [5, 5.41) is 8.48. The van der Waals surface area contributed by atoms with Gasteiger partial charge in [-0.15, -0.1) is 0 Å². The summed E-state index contributed by atoms with van der Waals surface area (Å²) in [6, 6.07) is 2.19. The fraction of sp³-hybridized carbons (Fsp3) is 0.923. The number of nitrogens with two attached hydrogens (primary N) is 1. The second-order valence-corrected chi connectivity index (χ2v) is 5.26. The van der Waals surface area contributed by atoms with Crippen molar-refractivity contribution in [1.29, 1.82) is 5.26 Å². The Balaban J connectivity index is 3.93. The van der Waals surface area contributed by atoms with Gasteiger partial charge in [0.05, 0.1) is 6.07 Å². The highest BCUT2D eigenvalue weighted by Crippen LogP contribution is 2.15. The minimum absolute atomic E-state index is 0.199. The van der Waals surface area contributed by atoms with E-state index in [2.05, 4.69) is 31.7 Å². The van der Waals surface area contributed by atoms with Crippen LogP contribution in [-0.2, 0) is 0 Å². The van der Waals surface area contributed by atoms with Crippen molar-refractivity contribution in [3.05, 3.63) is 0 Å². The summed E-state index contributed by atoms with van der Waals surface area (Å²) < 4.78 is 0. The maximum atomic E-state index is 8.48. The van der Waals surface area contributed by atoms with Crippen molar-refractivity contribution in [2.24, 2.45) is 11.1 Å². The Bertz CT molecular complexity index is 206. The van der Waals surface area contributed by atoms with E-state index in [-0.39, 0.29) is 5.41 Å². The molecule has 0 aromatic rings. The van der Waals surface area contributed by atoms with Gasteiger partial charge in [-0.25, -0.2) is 0 Å². The van der Waals surface area contributed by atoms with Gasteiger partial charge in [0.25, 0.3) is 0 Å². The van der Waals surface area contributed by atoms with Crippen LogP contribution in [0.15, 0.2) is 0 Å². The highest BCUT2D eigenvalue weighted by Gasteiger charge is 2.19. The minimum atomic E-state index is 0.199. The molecule has 0 spiro atoms. The SMILES string of the molecule is CCCN(CCCCC#N)CC(C)(C)CN. The molecule has 0 aromatic carbocycles. The van der Waals surface area contributed by atoms with Gasteiger partial charge < -0.3 is 10.6 Å². The highest BCUT2D eigenvalue weighted by atomic mass is 15.1. The predicted octanol–water partition coefficient (Wildman–Crippen LogP) is 2.38. The van der Waals surface area contributed by atoms with Gasteiger partial charge >= 0.3 is 0 Å². The van der Waals surface area contributed by atoms with Gasteiger partial charge in [0.1, 0.15) is 0 Å². The zero-order chi connectivity index (χ0) is 12.4. The van der Waals surface area contributed by atoms with E-state index in [4.69, 9.17) is 11.0 Å². The van der Waals surface area contributed by atoms with Crippen molar-refractivity contribution in [3.63, 3.8) is 0 Å². The van der Waals surface area contributed by atoms with Gasteiger partial charge in [0, 0.05) is 13.0 Å². The molecule has 2 N–H and O–H groups in total. The number of rotatable bonds is 9. The summed E-state index contributed by atoms with van der Waals surface area (Å²) in [7, 11) is 0. The molecule has 0 atom stereocenters. The lowest BCUT2D eigenvalue weighted by Crippen LogP contribution is -2.39. The van der Waals surface area contributed by atoms with E-state index in [1.54, 1.807) is 0 Å². The summed E-state index contributed by atoms with van der Waals surface area (Å²) in [5.41, 5.74) is 5.96. The van der Waals surface area contributed by atoms with Gasteiger partial charge in [0.2, 0.25) is 0 Å². The molecule has 0 aromatic heterocycles. The number of hydrogen-bond acceptors (Lipinski definition) is 3. The molecule has 0 saturated carbocycles. The summed E-state index contributed by atoms with van der Waals surface area (Å²) in [4.78, 5) is 2.48. The van der Waals surface area contributed by atoms with E-state index >= 15 is 0 Å². The van der Waals surface area contributed by atoms with E-state index in [0.29, 0.717) is 6.42 Å². The van der Waals surface area contributed by atoms with E-state index < -0.39 is 0 Å². The average molecular weight is 225 g/mol. The Hall–Kier alpha value is -0.590. The lowest BCUT2D eigenvalue weighted by atomic mass is 9.93. The smallest absolute Gasteiger partial charge is 0.0621 e. The van der Waals surface area contributed by atoms with Crippen LogP contribution >= 0.6 is 0 Å². The third kappa shape index (κ3) is 7.67. The lowest BCUT2D eigenvalue weighted by molar-refractivity contribution is 0.180. The van der Waals surface area contributed by atoms with Crippen LogP contribution in [0.5, 0.6) is 0 Å². The Morgan fingerprint density at radius 3 is 2.44 bits per heavy atom. The molecule has 0 heterocycles. The van der Waals surface area contributed by atoms with Crippen LogP contribution in [0.3, 0.4) is 0 Å². The van der Waals surface area contributed by atoms with Crippen LogP contribution in [0.4, 0.5) is 0 Å². The standard InChI is InChI=1S/C13H27N3/c1-4-9-16(10-7-5-6-8-14)12-13(2,3)11-15/h4-7,9-12,15H2,1-3H3. The fourth-order valence-corrected chi connectivity index (χ4v) is 1.80. The molecule has 16 heavy (non-hydrogen) atoms. The topological polar surface area (TPSA) is 53.0 Å². The highest BCUT2D eigenvalue weighted by molar-refractivity contribution is 4.75. The summed E-state index contributed by atoms with van der Waals surface area (Å²) in [5.74, 6) is 0. The molecule has 0 fully saturated rings. The van der Waals surface area contributed by atoms with Crippen LogP contribution in [-0.4, -0.2) is 31.1 Å². The van der Waals surface area contributed by atoms with Crippen molar-refractivity contribution < 1.29 is 0 Å². The minimum Gasteiger partial charge on any atom is -0.330 e. The number of nitriles is 1. The Morgan fingerprint density at radius 1 is 1.25 bits per heavy atom. The third-order valence-electron chi connectivity index (χ3n) is 2.76. The van der Waals surface area contributed by atoms with E-state index in [1.165, 1.54) is 6.42 Å². The average Bonchev–Trinajstić information content (AvgIpc) is 2.24. The Morgan fingerprint density at radius 2 is 1.94 bits per heavy atom.